The summed E-state index contributed by atoms with van der Waals surface area (Å²) in [5.74, 6) is 0.497. The fraction of sp³-hybridized carbons (Fsp3) is 0.240. The van der Waals surface area contributed by atoms with Gasteiger partial charge in [0, 0.05) is 25.4 Å². The molecule has 0 bridgehead atoms. The summed E-state index contributed by atoms with van der Waals surface area (Å²) >= 11 is 6.44. The molecule has 0 spiro atoms. The molecule has 4 aromatic rings. The number of fused-ring (bicyclic) bond motifs is 1. The average molecular weight is 464 g/mol. The molecule has 1 amide bonds. The number of piperidine rings is 1. The predicted molar refractivity (Wildman–Crippen MR) is 127 cm³/mol. The van der Waals surface area contributed by atoms with Gasteiger partial charge in [-0.2, -0.15) is 9.61 Å². The fourth-order valence-electron chi connectivity index (χ4n) is 4.32. The number of likely N-dealkylation sites (tertiary alicyclic amines) is 1. The molecule has 0 atom stereocenters. The second-order valence-electron chi connectivity index (χ2n) is 8.35. The molecular weight excluding hydrogens is 441 g/mol. The first-order valence-electron chi connectivity index (χ1n) is 10.9. The maximum absolute atomic E-state index is 13.5. The van der Waals surface area contributed by atoms with Crippen molar-refractivity contribution in [1.29, 1.82) is 0 Å². The van der Waals surface area contributed by atoms with Gasteiger partial charge in [-0.15, -0.1) is 0 Å². The summed E-state index contributed by atoms with van der Waals surface area (Å²) in [6.07, 6.45) is 4.88. The standard InChI is InChI=1S/C25H23ClFN5O/c1-16-2-7-22(21(26)14-16)30-24-20(15-28-23-8-11-29-32(23)24)25(33)31-12-9-18(10-13-31)17-3-5-19(27)6-4-17/h2-8,11,14-15,18,30H,9-10,12-13H2,1H3. The molecule has 33 heavy (non-hydrogen) atoms. The number of carbonyl (C=O) groups is 1. The number of nitrogens with zero attached hydrogens (tertiary/aromatic N) is 4. The van der Waals surface area contributed by atoms with Gasteiger partial charge < -0.3 is 10.2 Å². The molecule has 8 heteroatoms. The number of hydrogen-bond donors (Lipinski definition) is 1. The van der Waals surface area contributed by atoms with Gasteiger partial charge in [0.1, 0.15) is 17.2 Å². The van der Waals surface area contributed by atoms with Crippen LogP contribution in [0, 0.1) is 12.7 Å². The predicted octanol–water partition coefficient (Wildman–Crippen LogP) is 5.59. The molecule has 0 radical (unpaired) electrons. The van der Waals surface area contributed by atoms with Crippen LogP contribution in [0.1, 0.15) is 40.2 Å². The molecule has 5 rings (SSSR count). The van der Waals surface area contributed by atoms with Gasteiger partial charge in [-0.05, 0) is 61.1 Å². The number of aryl methyl sites for hydroxylation is 1. The van der Waals surface area contributed by atoms with Gasteiger partial charge in [-0.1, -0.05) is 29.8 Å². The van der Waals surface area contributed by atoms with Crippen LogP contribution >= 0.6 is 11.6 Å². The highest BCUT2D eigenvalue weighted by Crippen LogP contribution is 2.31. The van der Waals surface area contributed by atoms with E-state index in [9.17, 15) is 9.18 Å². The number of aromatic nitrogens is 3. The highest BCUT2D eigenvalue weighted by molar-refractivity contribution is 6.33. The summed E-state index contributed by atoms with van der Waals surface area (Å²) in [4.78, 5) is 19.8. The lowest BCUT2D eigenvalue weighted by Crippen LogP contribution is -2.38. The van der Waals surface area contributed by atoms with Crippen molar-refractivity contribution in [3.8, 4) is 0 Å². The van der Waals surface area contributed by atoms with Gasteiger partial charge in [-0.3, -0.25) is 4.79 Å². The summed E-state index contributed by atoms with van der Waals surface area (Å²) in [7, 11) is 0. The normalized spacial score (nSPS) is 14.6. The van der Waals surface area contributed by atoms with Crippen LogP contribution in [-0.2, 0) is 0 Å². The van der Waals surface area contributed by atoms with Crippen LogP contribution in [-0.4, -0.2) is 38.5 Å². The minimum absolute atomic E-state index is 0.108. The Kier molecular flexibility index (Phi) is 5.72. The first-order chi connectivity index (χ1) is 16.0. The van der Waals surface area contributed by atoms with E-state index in [1.54, 1.807) is 23.0 Å². The molecule has 0 unspecified atom stereocenters. The molecule has 0 aliphatic carbocycles. The topological polar surface area (TPSA) is 62.5 Å². The Hall–Kier alpha value is -3.45. The SMILES string of the molecule is Cc1ccc(Nc2c(C(=O)N3CCC(c4ccc(F)cc4)CC3)cnc3ccnn23)c(Cl)c1. The number of amides is 1. The lowest BCUT2D eigenvalue weighted by Gasteiger charge is -2.32. The van der Waals surface area contributed by atoms with Crippen LogP contribution in [0.3, 0.4) is 0 Å². The Labute approximate surface area is 196 Å². The Bertz CT molecular complexity index is 1310. The third-order valence-electron chi connectivity index (χ3n) is 6.15. The lowest BCUT2D eigenvalue weighted by atomic mass is 9.89. The lowest BCUT2D eigenvalue weighted by molar-refractivity contribution is 0.0713. The minimum Gasteiger partial charge on any atom is -0.338 e. The van der Waals surface area contributed by atoms with E-state index in [0.717, 1.165) is 24.0 Å². The van der Waals surface area contributed by atoms with E-state index >= 15 is 0 Å². The van der Waals surface area contributed by atoms with Crippen LogP contribution in [0.15, 0.2) is 60.9 Å². The monoisotopic (exact) mass is 463 g/mol. The molecule has 0 saturated carbocycles. The summed E-state index contributed by atoms with van der Waals surface area (Å²) in [6.45, 7) is 3.20. The molecule has 1 aliphatic rings. The molecule has 1 N–H and O–H groups in total. The van der Waals surface area contributed by atoms with Crippen LogP contribution in [0.2, 0.25) is 5.02 Å². The molecule has 1 saturated heterocycles. The van der Waals surface area contributed by atoms with Crippen molar-refractivity contribution in [2.45, 2.75) is 25.7 Å². The maximum atomic E-state index is 13.5. The Balaban J connectivity index is 1.41. The minimum atomic E-state index is -0.235. The van der Waals surface area contributed by atoms with Crippen LogP contribution in [0.5, 0.6) is 0 Å². The quantitative estimate of drug-likeness (QED) is 0.428. The number of benzene rings is 2. The zero-order valence-corrected chi connectivity index (χ0v) is 18.9. The zero-order chi connectivity index (χ0) is 22.9. The summed E-state index contributed by atoms with van der Waals surface area (Å²) in [6, 6.07) is 14.1. The van der Waals surface area contributed by atoms with Gasteiger partial charge >= 0.3 is 0 Å². The highest BCUT2D eigenvalue weighted by Gasteiger charge is 2.27. The molecule has 2 aromatic carbocycles. The van der Waals surface area contributed by atoms with Gasteiger partial charge in [-0.25, -0.2) is 9.37 Å². The Morgan fingerprint density at radius 1 is 1.12 bits per heavy atom. The van der Waals surface area contributed by atoms with Gasteiger partial charge in [0.05, 0.1) is 16.9 Å². The molecule has 1 aliphatic heterocycles. The largest absolute Gasteiger partial charge is 0.338 e. The molecular formula is C25H23ClFN5O. The number of anilines is 2. The third kappa shape index (κ3) is 4.28. The van der Waals surface area contributed by atoms with Crippen molar-refractivity contribution < 1.29 is 9.18 Å². The second-order valence-corrected chi connectivity index (χ2v) is 8.76. The highest BCUT2D eigenvalue weighted by atomic mass is 35.5. The molecule has 6 nitrogen and oxygen atoms in total. The number of hydrogen-bond acceptors (Lipinski definition) is 4. The van der Waals surface area contributed by atoms with E-state index in [1.807, 2.05) is 42.2 Å². The van der Waals surface area contributed by atoms with E-state index < -0.39 is 0 Å². The van der Waals surface area contributed by atoms with E-state index in [-0.39, 0.29) is 11.7 Å². The van der Waals surface area contributed by atoms with Gasteiger partial charge in [0.15, 0.2) is 5.65 Å². The number of rotatable bonds is 4. The van der Waals surface area contributed by atoms with Crippen LogP contribution in [0.25, 0.3) is 5.65 Å². The second kappa shape index (κ2) is 8.83. The molecule has 3 heterocycles. The number of carbonyl (C=O) groups excluding carboxylic acids is 1. The van der Waals surface area contributed by atoms with Gasteiger partial charge in [0.2, 0.25) is 0 Å². The van der Waals surface area contributed by atoms with E-state index in [1.165, 1.54) is 12.1 Å². The van der Waals surface area contributed by atoms with Crippen molar-refractivity contribution in [2.24, 2.45) is 0 Å². The van der Waals surface area contributed by atoms with Crippen molar-refractivity contribution >= 4 is 34.7 Å². The molecule has 1 fully saturated rings. The zero-order valence-electron chi connectivity index (χ0n) is 18.1. The van der Waals surface area contributed by atoms with Crippen molar-refractivity contribution in [2.75, 3.05) is 18.4 Å². The van der Waals surface area contributed by atoms with Crippen LogP contribution in [0.4, 0.5) is 15.9 Å². The summed E-state index contributed by atoms with van der Waals surface area (Å²) in [5, 5.41) is 8.22. The van der Waals surface area contributed by atoms with E-state index in [2.05, 4.69) is 15.4 Å². The molecule has 168 valence electrons. The summed E-state index contributed by atoms with van der Waals surface area (Å²) < 4.78 is 14.9. The molecule has 2 aromatic heterocycles. The third-order valence-corrected chi connectivity index (χ3v) is 6.46. The first-order valence-corrected chi connectivity index (χ1v) is 11.3. The van der Waals surface area contributed by atoms with Crippen LogP contribution < -0.4 is 5.32 Å². The van der Waals surface area contributed by atoms with E-state index in [4.69, 9.17) is 11.6 Å². The fourth-order valence-corrected chi connectivity index (χ4v) is 4.60. The Morgan fingerprint density at radius 2 is 1.88 bits per heavy atom. The van der Waals surface area contributed by atoms with Crippen molar-refractivity contribution in [3.63, 3.8) is 0 Å². The first kappa shape index (κ1) is 21.4. The van der Waals surface area contributed by atoms with Crippen molar-refractivity contribution in [1.82, 2.24) is 19.5 Å². The number of nitrogens with one attached hydrogen (secondary N) is 1. The van der Waals surface area contributed by atoms with E-state index in [0.29, 0.717) is 46.7 Å². The van der Waals surface area contributed by atoms with Crippen molar-refractivity contribution in [3.05, 3.63) is 88.5 Å². The summed E-state index contributed by atoms with van der Waals surface area (Å²) in [5.41, 5.74) is 3.91. The van der Waals surface area contributed by atoms with Gasteiger partial charge in [0.25, 0.3) is 5.91 Å². The average Bonchev–Trinajstić information content (AvgIpc) is 3.30. The number of halogens is 2. The maximum Gasteiger partial charge on any atom is 0.259 e. The Morgan fingerprint density at radius 3 is 2.61 bits per heavy atom. The smallest absolute Gasteiger partial charge is 0.259 e.